The maximum Gasteiger partial charge on any atom is 0.321 e. The van der Waals surface area contributed by atoms with E-state index in [9.17, 15) is 9.59 Å². The van der Waals surface area contributed by atoms with E-state index >= 15 is 0 Å². The number of amides is 3. The topological polar surface area (TPSA) is 76.7 Å². The van der Waals surface area contributed by atoms with Crippen molar-refractivity contribution in [3.05, 3.63) is 0 Å². The van der Waals surface area contributed by atoms with Crippen LogP contribution in [0.1, 0.15) is 19.3 Å². The van der Waals surface area contributed by atoms with Gasteiger partial charge in [0.2, 0.25) is 5.91 Å². The predicted molar refractivity (Wildman–Crippen MR) is 68.8 cm³/mol. The Morgan fingerprint density at radius 1 is 1.17 bits per heavy atom. The van der Waals surface area contributed by atoms with Gasteiger partial charge in [-0.25, -0.2) is 4.79 Å². The van der Waals surface area contributed by atoms with Crippen molar-refractivity contribution < 1.29 is 19.1 Å². The predicted octanol–water partition coefficient (Wildman–Crippen LogP) is 0.884. The highest BCUT2D eigenvalue weighted by atomic mass is 35.5. The molecule has 0 atom stereocenters. The minimum Gasteiger partial charge on any atom is -0.382 e. The molecule has 2 N–H and O–H groups in total. The lowest BCUT2D eigenvalue weighted by molar-refractivity contribution is -0.119. The van der Waals surface area contributed by atoms with E-state index in [-0.39, 0.29) is 18.2 Å². The fourth-order valence-corrected chi connectivity index (χ4v) is 1.27. The zero-order chi connectivity index (χ0) is 13.6. The van der Waals surface area contributed by atoms with E-state index in [4.69, 9.17) is 21.1 Å². The lowest BCUT2D eigenvalue weighted by Crippen LogP contribution is -2.39. The second kappa shape index (κ2) is 12.6. The Balaban J connectivity index is 3.27. The molecule has 0 aliphatic carbocycles. The molecule has 0 saturated heterocycles. The van der Waals surface area contributed by atoms with Gasteiger partial charge in [-0.05, 0) is 12.8 Å². The molecule has 0 heterocycles. The minimum atomic E-state index is -0.481. The van der Waals surface area contributed by atoms with Crippen molar-refractivity contribution in [3.63, 3.8) is 0 Å². The monoisotopic (exact) mass is 280 g/mol. The Hall–Kier alpha value is -0.850. The minimum absolute atomic E-state index is 0.141. The first-order chi connectivity index (χ1) is 8.70. The number of carbonyl (C=O) groups is 2. The number of hydrogen-bond acceptors (Lipinski definition) is 4. The van der Waals surface area contributed by atoms with Crippen LogP contribution in [0.2, 0.25) is 0 Å². The third-order valence-corrected chi connectivity index (χ3v) is 2.20. The lowest BCUT2D eigenvalue weighted by atomic mass is 10.3. The Bertz CT molecular complexity index is 239. The zero-order valence-corrected chi connectivity index (χ0v) is 11.4. The Labute approximate surface area is 112 Å². The summed E-state index contributed by atoms with van der Waals surface area (Å²) in [5.74, 6) is -0.164. The highest BCUT2D eigenvalue weighted by molar-refractivity contribution is 6.19. The number of ether oxygens (including phenoxy) is 2. The molecule has 0 aromatic rings. The molecule has 106 valence electrons. The zero-order valence-electron chi connectivity index (χ0n) is 10.7. The second-order valence-corrected chi connectivity index (χ2v) is 3.93. The van der Waals surface area contributed by atoms with Crippen LogP contribution in [-0.2, 0) is 14.3 Å². The summed E-state index contributed by atoms with van der Waals surface area (Å²) in [6, 6.07) is -0.481. The molecule has 3 amide bonds. The molecule has 0 aliphatic heterocycles. The van der Waals surface area contributed by atoms with E-state index in [2.05, 4.69) is 10.6 Å². The number of methoxy groups -OCH3 is 1. The van der Waals surface area contributed by atoms with E-state index in [1.54, 1.807) is 7.11 Å². The van der Waals surface area contributed by atoms with Gasteiger partial charge in [-0.15, -0.1) is 11.6 Å². The maximum absolute atomic E-state index is 11.2. The SMILES string of the molecule is COCCOCCCCNC(=O)NC(=O)CCCl. The average molecular weight is 281 g/mol. The second-order valence-electron chi connectivity index (χ2n) is 3.56. The van der Waals surface area contributed by atoms with E-state index in [0.29, 0.717) is 26.4 Å². The van der Waals surface area contributed by atoms with Crippen LogP contribution in [0.3, 0.4) is 0 Å². The van der Waals surface area contributed by atoms with Crippen LogP contribution in [0.25, 0.3) is 0 Å². The van der Waals surface area contributed by atoms with Crippen molar-refractivity contribution in [2.75, 3.05) is 39.4 Å². The fraction of sp³-hybridized carbons (Fsp3) is 0.818. The van der Waals surface area contributed by atoms with Crippen LogP contribution in [0.4, 0.5) is 4.79 Å². The molecule has 6 nitrogen and oxygen atoms in total. The van der Waals surface area contributed by atoms with E-state index in [1.165, 1.54) is 0 Å². The molecule has 0 fully saturated rings. The Morgan fingerprint density at radius 3 is 2.61 bits per heavy atom. The number of hydrogen-bond donors (Lipinski definition) is 2. The Kier molecular flexibility index (Phi) is 12.0. The highest BCUT2D eigenvalue weighted by Gasteiger charge is 2.05. The number of urea groups is 1. The summed E-state index contributed by atoms with van der Waals surface area (Å²) in [6.07, 6.45) is 1.78. The van der Waals surface area contributed by atoms with Crippen molar-refractivity contribution in [1.29, 1.82) is 0 Å². The first-order valence-electron chi connectivity index (χ1n) is 5.91. The van der Waals surface area contributed by atoms with Crippen LogP contribution in [0.5, 0.6) is 0 Å². The van der Waals surface area contributed by atoms with Gasteiger partial charge in [-0.2, -0.15) is 0 Å². The molecule has 0 spiro atoms. The molecule has 0 bridgehead atoms. The summed E-state index contributed by atoms with van der Waals surface area (Å²) in [7, 11) is 1.62. The van der Waals surface area contributed by atoms with Gasteiger partial charge in [-0.3, -0.25) is 10.1 Å². The number of imide groups is 1. The molecule has 0 aliphatic rings. The smallest absolute Gasteiger partial charge is 0.321 e. The maximum atomic E-state index is 11.2. The van der Waals surface area contributed by atoms with Gasteiger partial charge in [-0.1, -0.05) is 0 Å². The number of rotatable bonds is 10. The van der Waals surface area contributed by atoms with E-state index in [1.807, 2.05) is 0 Å². The van der Waals surface area contributed by atoms with Crippen molar-refractivity contribution in [3.8, 4) is 0 Å². The molecule has 0 unspecified atom stereocenters. The molecule has 0 saturated carbocycles. The first-order valence-corrected chi connectivity index (χ1v) is 6.44. The summed E-state index contributed by atoms with van der Waals surface area (Å²) in [5.41, 5.74) is 0. The van der Waals surface area contributed by atoms with Gasteiger partial charge >= 0.3 is 6.03 Å². The lowest BCUT2D eigenvalue weighted by Gasteiger charge is -2.06. The number of carbonyl (C=O) groups excluding carboxylic acids is 2. The van der Waals surface area contributed by atoms with Crippen molar-refractivity contribution in [1.82, 2.24) is 10.6 Å². The average Bonchev–Trinajstić information content (AvgIpc) is 2.32. The third-order valence-electron chi connectivity index (χ3n) is 2.01. The molecule has 7 heteroatoms. The van der Waals surface area contributed by atoms with E-state index in [0.717, 1.165) is 12.8 Å². The molecular weight excluding hydrogens is 260 g/mol. The van der Waals surface area contributed by atoms with Gasteiger partial charge in [0.25, 0.3) is 0 Å². The molecule has 18 heavy (non-hydrogen) atoms. The molecule has 0 aromatic carbocycles. The van der Waals surface area contributed by atoms with Crippen LogP contribution >= 0.6 is 11.6 Å². The van der Waals surface area contributed by atoms with Gasteiger partial charge in [0.1, 0.15) is 0 Å². The summed E-state index contributed by atoms with van der Waals surface area (Å²) in [6.45, 7) is 2.31. The standard InChI is InChI=1S/C11H21ClN2O4/c1-17-8-9-18-7-3-2-6-13-11(16)14-10(15)4-5-12/h2-9H2,1H3,(H2,13,14,15,16). The van der Waals surface area contributed by atoms with Crippen LogP contribution in [-0.4, -0.2) is 51.3 Å². The number of alkyl halides is 1. The normalized spacial score (nSPS) is 10.1. The van der Waals surface area contributed by atoms with Crippen molar-refractivity contribution in [2.24, 2.45) is 0 Å². The molecule has 0 aromatic heterocycles. The van der Waals surface area contributed by atoms with Crippen molar-refractivity contribution in [2.45, 2.75) is 19.3 Å². The molecule has 0 rings (SSSR count). The number of unbranched alkanes of at least 4 members (excludes halogenated alkanes) is 1. The van der Waals surface area contributed by atoms with Crippen LogP contribution in [0.15, 0.2) is 0 Å². The van der Waals surface area contributed by atoms with Crippen molar-refractivity contribution >= 4 is 23.5 Å². The Morgan fingerprint density at radius 2 is 1.94 bits per heavy atom. The number of nitrogens with one attached hydrogen (secondary N) is 2. The largest absolute Gasteiger partial charge is 0.382 e. The number of halogens is 1. The fourth-order valence-electron chi connectivity index (χ4n) is 1.09. The van der Waals surface area contributed by atoms with Crippen LogP contribution in [0, 0.1) is 0 Å². The molecule has 0 radical (unpaired) electrons. The summed E-state index contributed by atoms with van der Waals surface area (Å²) in [4.78, 5) is 22.2. The van der Waals surface area contributed by atoms with Gasteiger partial charge in [0.15, 0.2) is 0 Å². The van der Waals surface area contributed by atoms with Gasteiger partial charge in [0.05, 0.1) is 13.2 Å². The summed E-state index contributed by atoms with van der Waals surface area (Å²) < 4.78 is 10.1. The third kappa shape index (κ3) is 11.6. The van der Waals surface area contributed by atoms with E-state index < -0.39 is 6.03 Å². The summed E-state index contributed by atoms with van der Waals surface area (Å²) >= 11 is 5.36. The molecular formula is C11H21ClN2O4. The van der Waals surface area contributed by atoms with Gasteiger partial charge < -0.3 is 14.8 Å². The quantitative estimate of drug-likeness (QED) is 0.460. The highest BCUT2D eigenvalue weighted by Crippen LogP contribution is 1.89. The van der Waals surface area contributed by atoms with Crippen LogP contribution < -0.4 is 10.6 Å². The summed E-state index contributed by atoms with van der Waals surface area (Å²) in [5, 5.41) is 4.76. The first kappa shape index (κ1) is 17.2. The van der Waals surface area contributed by atoms with Gasteiger partial charge in [0, 0.05) is 32.6 Å².